The molecule has 0 aliphatic carbocycles. The average Bonchev–Trinajstić information content (AvgIpc) is 3.24. The molecule has 1 fully saturated rings. The summed E-state index contributed by atoms with van der Waals surface area (Å²) in [6, 6.07) is 29.7. The number of thioether (sulfide) groups is 1. The largest absolute Gasteiger partial charge is 0.493 e. The first-order valence-electron chi connectivity index (χ1n) is 12.6. The van der Waals surface area contributed by atoms with Gasteiger partial charge in [-0.2, -0.15) is 0 Å². The molecular formula is C32H25FN2O4S. The van der Waals surface area contributed by atoms with Crippen LogP contribution in [0, 0.1) is 5.82 Å². The van der Waals surface area contributed by atoms with Gasteiger partial charge in [-0.15, -0.1) is 0 Å². The summed E-state index contributed by atoms with van der Waals surface area (Å²) in [6.07, 6.45) is 2.58. The summed E-state index contributed by atoms with van der Waals surface area (Å²) >= 11 is 1.23. The van der Waals surface area contributed by atoms with Crippen LogP contribution in [0.4, 0.5) is 10.1 Å². The Bertz CT molecular complexity index is 1570. The third-order valence-corrected chi connectivity index (χ3v) is 7.15. The highest BCUT2D eigenvalue weighted by Gasteiger charge is 2.33. The van der Waals surface area contributed by atoms with Crippen molar-refractivity contribution in [2.75, 3.05) is 6.61 Å². The number of hydrogen-bond donors (Lipinski definition) is 1. The molecule has 200 valence electrons. The second-order valence-electron chi connectivity index (χ2n) is 9.03. The van der Waals surface area contributed by atoms with Crippen LogP contribution in [0.2, 0.25) is 0 Å². The van der Waals surface area contributed by atoms with Crippen molar-refractivity contribution in [3.8, 4) is 5.75 Å². The number of amides is 1. The summed E-state index contributed by atoms with van der Waals surface area (Å²) in [5, 5.41) is 9.64. The number of halogens is 1. The SMILES string of the molecule is O=C(O)c1ccc(CN2C(=O)/C(=C/c3cccc(OCCc4ccccc4)c3)SC2=Nc2ccc(F)cc2)cc1. The molecule has 1 amide bonds. The molecule has 5 rings (SSSR count). The number of carboxylic acid groups (broad SMARTS) is 1. The first-order chi connectivity index (χ1) is 19.4. The Kier molecular flexibility index (Phi) is 8.37. The van der Waals surface area contributed by atoms with Gasteiger partial charge in [0.1, 0.15) is 11.6 Å². The normalized spacial score (nSPS) is 15.1. The maximum Gasteiger partial charge on any atom is 0.335 e. The lowest BCUT2D eigenvalue weighted by Gasteiger charge is -2.16. The lowest BCUT2D eigenvalue weighted by Crippen LogP contribution is -2.28. The van der Waals surface area contributed by atoms with Gasteiger partial charge >= 0.3 is 5.97 Å². The van der Waals surface area contributed by atoms with E-state index in [2.05, 4.69) is 17.1 Å². The fourth-order valence-electron chi connectivity index (χ4n) is 4.07. The highest BCUT2D eigenvalue weighted by atomic mass is 32.2. The number of nitrogens with zero attached hydrogens (tertiary/aromatic N) is 2. The Morgan fingerprint density at radius 2 is 1.68 bits per heavy atom. The van der Waals surface area contributed by atoms with Crippen LogP contribution in [-0.4, -0.2) is 33.7 Å². The van der Waals surface area contributed by atoms with Crippen LogP contribution in [0.15, 0.2) is 113 Å². The fourth-order valence-corrected chi connectivity index (χ4v) is 5.07. The van der Waals surface area contributed by atoms with E-state index in [4.69, 9.17) is 4.74 Å². The summed E-state index contributed by atoms with van der Waals surface area (Å²) in [5.41, 5.74) is 3.43. The first kappa shape index (κ1) is 26.9. The maximum atomic E-state index is 13.5. The summed E-state index contributed by atoms with van der Waals surface area (Å²) in [6.45, 7) is 0.729. The van der Waals surface area contributed by atoms with Crippen molar-refractivity contribution in [2.45, 2.75) is 13.0 Å². The van der Waals surface area contributed by atoms with E-state index in [1.54, 1.807) is 30.3 Å². The molecule has 1 saturated heterocycles. The molecule has 1 heterocycles. The Morgan fingerprint density at radius 1 is 0.925 bits per heavy atom. The van der Waals surface area contributed by atoms with Gasteiger partial charge in [0.15, 0.2) is 5.17 Å². The summed E-state index contributed by atoms with van der Waals surface area (Å²) < 4.78 is 19.4. The molecule has 40 heavy (non-hydrogen) atoms. The monoisotopic (exact) mass is 552 g/mol. The van der Waals surface area contributed by atoms with Crippen molar-refractivity contribution in [1.82, 2.24) is 4.90 Å². The molecule has 0 aromatic heterocycles. The molecule has 0 atom stereocenters. The third kappa shape index (κ3) is 6.84. The minimum atomic E-state index is -1.02. The number of carbonyl (C=O) groups excluding carboxylic acids is 1. The van der Waals surface area contributed by atoms with Crippen molar-refractivity contribution in [1.29, 1.82) is 0 Å². The molecule has 8 heteroatoms. The second kappa shape index (κ2) is 12.4. The van der Waals surface area contributed by atoms with E-state index in [-0.39, 0.29) is 23.8 Å². The molecule has 1 N–H and O–H groups in total. The van der Waals surface area contributed by atoms with E-state index in [0.717, 1.165) is 17.5 Å². The van der Waals surface area contributed by atoms with Crippen molar-refractivity contribution in [3.05, 3.63) is 136 Å². The van der Waals surface area contributed by atoms with Crippen LogP contribution in [0.3, 0.4) is 0 Å². The molecule has 4 aromatic rings. The van der Waals surface area contributed by atoms with Crippen LogP contribution in [0.25, 0.3) is 6.08 Å². The number of rotatable bonds is 9. The number of aromatic carboxylic acids is 1. The number of benzene rings is 4. The lowest BCUT2D eigenvalue weighted by atomic mass is 10.1. The fraction of sp³-hybridized carbons (Fsp3) is 0.0938. The summed E-state index contributed by atoms with van der Waals surface area (Å²) in [5.74, 6) is -0.921. The number of carbonyl (C=O) groups is 2. The topological polar surface area (TPSA) is 79.2 Å². The first-order valence-corrected chi connectivity index (χ1v) is 13.4. The van der Waals surface area contributed by atoms with E-state index < -0.39 is 5.97 Å². The minimum Gasteiger partial charge on any atom is -0.493 e. The lowest BCUT2D eigenvalue weighted by molar-refractivity contribution is -0.122. The van der Waals surface area contributed by atoms with Crippen molar-refractivity contribution < 1.29 is 23.8 Å². The van der Waals surface area contributed by atoms with Gasteiger partial charge in [-0.3, -0.25) is 9.69 Å². The van der Waals surface area contributed by atoms with E-state index >= 15 is 0 Å². The van der Waals surface area contributed by atoms with Gasteiger partial charge < -0.3 is 9.84 Å². The average molecular weight is 553 g/mol. The third-order valence-electron chi connectivity index (χ3n) is 6.14. The van der Waals surface area contributed by atoms with E-state index in [9.17, 15) is 19.1 Å². The Morgan fingerprint density at radius 3 is 2.40 bits per heavy atom. The van der Waals surface area contributed by atoms with Crippen LogP contribution in [0.1, 0.15) is 27.0 Å². The second-order valence-corrected chi connectivity index (χ2v) is 10.0. The molecule has 1 aliphatic rings. The zero-order chi connectivity index (χ0) is 27.9. The molecule has 0 bridgehead atoms. The summed E-state index contributed by atoms with van der Waals surface area (Å²) in [4.78, 5) is 31.4. The Hall–Kier alpha value is -4.69. The highest BCUT2D eigenvalue weighted by Crippen LogP contribution is 2.35. The highest BCUT2D eigenvalue weighted by molar-refractivity contribution is 8.18. The maximum absolute atomic E-state index is 13.5. The van der Waals surface area contributed by atoms with Gasteiger partial charge in [0.25, 0.3) is 5.91 Å². The Labute approximate surface area is 235 Å². The Balaban J connectivity index is 1.37. The van der Waals surface area contributed by atoms with Gasteiger partial charge in [-0.05, 0) is 83.1 Å². The van der Waals surface area contributed by atoms with Crippen LogP contribution in [-0.2, 0) is 17.8 Å². The number of aliphatic imine (C=N–C) groups is 1. The number of carboxylic acids is 1. The molecule has 1 aliphatic heterocycles. The minimum absolute atomic E-state index is 0.164. The standard InChI is InChI=1S/C32H25FN2O4S/c33-26-13-15-27(16-14-26)34-32-35(21-23-9-11-25(12-10-23)31(37)38)30(36)29(40-32)20-24-7-4-8-28(19-24)39-18-17-22-5-2-1-3-6-22/h1-16,19-20H,17-18,21H2,(H,37,38)/b29-20-,34-32?. The quantitative estimate of drug-likeness (QED) is 0.227. The van der Waals surface area contributed by atoms with E-state index in [1.807, 2.05) is 42.5 Å². The van der Waals surface area contributed by atoms with Crippen LogP contribution in [0.5, 0.6) is 5.75 Å². The van der Waals surface area contributed by atoms with Crippen molar-refractivity contribution >= 4 is 40.6 Å². The molecule has 0 unspecified atom stereocenters. The zero-order valence-electron chi connectivity index (χ0n) is 21.4. The molecule has 6 nitrogen and oxygen atoms in total. The molecule has 0 saturated carbocycles. The van der Waals surface area contributed by atoms with Crippen LogP contribution < -0.4 is 4.74 Å². The molecule has 0 radical (unpaired) electrons. The van der Waals surface area contributed by atoms with Gasteiger partial charge in [0, 0.05) is 6.42 Å². The van der Waals surface area contributed by atoms with Gasteiger partial charge in [-0.1, -0.05) is 54.6 Å². The zero-order valence-corrected chi connectivity index (χ0v) is 22.2. The number of amidine groups is 1. The van der Waals surface area contributed by atoms with Gasteiger partial charge in [-0.25, -0.2) is 14.2 Å². The molecular weight excluding hydrogens is 527 g/mol. The number of ether oxygens (including phenoxy) is 1. The smallest absolute Gasteiger partial charge is 0.335 e. The summed E-state index contributed by atoms with van der Waals surface area (Å²) in [7, 11) is 0. The predicted octanol–water partition coefficient (Wildman–Crippen LogP) is 6.95. The molecule has 0 spiro atoms. The van der Waals surface area contributed by atoms with Crippen LogP contribution >= 0.6 is 11.8 Å². The molecule has 4 aromatic carbocycles. The number of hydrogen-bond acceptors (Lipinski definition) is 5. The van der Waals surface area contributed by atoms with E-state index in [0.29, 0.717) is 28.1 Å². The van der Waals surface area contributed by atoms with Crippen molar-refractivity contribution in [2.24, 2.45) is 4.99 Å². The predicted molar refractivity (Wildman–Crippen MR) is 155 cm³/mol. The van der Waals surface area contributed by atoms with Gasteiger partial charge in [0.2, 0.25) is 0 Å². The van der Waals surface area contributed by atoms with Gasteiger partial charge in [0.05, 0.1) is 29.3 Å². The van der Waals surface area contributed by atoms with Crippen molar-refractivity contribution in [3.63, 3.8) is 0 Å². The van der Waals surface area contributed by atoms with E-state index in [1.165, 1.54) is 46.5 Å².